The molecule has 0 N–H and O–H groups in total. The quantitative estimate of drug-likeness (QED) is 0.663. The van der Waals surface area contributed by atoms with Crippen LogP contribution in [0.1, 0.15) is 41.9 Å². The van der Waals surface area contributed by atoms with Gasteiger partial charge in [0.15, 0.2) is 0 Å². The van der Waals surface area contributed by atoms with Crippen LogP contribution in [0.2, 0.25) is 0 Å². The molecule has 8 heteroatoms. The van der Waals surface area contributed by atoms with Crippen LogP contribution in [0.15, 0.2) is 24.3 Å². The van der Waals surface area contributed by atoms with Crippen molar-refractivity contribution in [1.82, 2.24) is 14.9 Å². The maximum absolute atomic E-state index is 14.4. The van der Waals surface area contributed by atoms with Crippen LogP contribution in [0.5, 0.6) is 0 Å². The molecule has 0 spiro atoms. The molecule has 2 aromatic rings. The number of rotatable bonds is 7. The van der Waals surface area contributed by atoms with Crippen molar-refractivity contribution in [2.24, 2.45) is 5.92 Å². The lowest BCUT2D eigenvalue weighted by Gasteiger charge is -2.39. The number of methoxy groups -OCH3 is 1. The number of hydrogen-bond acceptors (Lipinski definition) is 6. The smallest absolute Gasteiger partial charge is 0.225 e. The van der Waals surface area contributed by atoms with Gasteiger partial charge < -0.3 is 14.5 Å². The topological polar surface area (TPSA) is 82.3 Å². The van der Waals surface area contributed by atoms with E-state index in [0.29, 0.717) is 55.5 Å². The molecular weight excluding hydrogens is 409 g/mol. The second-order valence-corrected chi connectivity index (χ2v) is 8.36. The van der Waals surface area contributed by atoms with Gasteiger partial charge in [-0.1, -0.05) is 24.6 Å². The first-order chi connectivity index (χ1) is 15.6. The van der Waals surface area contributed by atoms with Crippen LogP contribution < -0.4 is 4.90 Å². The predicted molar refractivity (Wildman–Crippen MR) is 117 cm³/mol. The number of hydrogen-bond donors (Lipinski definition) is 0. The van der Waals surface area contributed by atoms with E-state index in [0.717, 1.165) is 24.8 Å². The molecule has 0 bridgehead atoms. The molecule has 2 aliphatic rings. The van der Waals surface area contributed by atoms with Gasteiger partial charge in [-0.3, -0.25) is 4.79 Å². The van der Waals surface area contributed by atoms with Crippen molar-refractivity contribution in [2.75, 3.05) is 38.2 Å². The molecule has 1 saturated heterocycles. The molecule has 2 fully saturated rings. The Kier molecular flexibility index (Phi) is 6.96. The summed E-state index contributed by atoms with van der Waals surface area (Å²) in [6.45, 7) is 2.78. The Bertz CT molecular complexity index is 1010. The third-order valence-electron chi connectivity index (χ3n) is 6.31. The number of nitrogens with zero attached hydrogens (tertiary/aromatic N) is 5. The minimum Gasteiger partial charge on any atom is -0.378 e. The normalized spacial score (nSPS) is 16.5. The number of carbonyl (C=O) groups is 1. The Morgan fingerprint density at radius 2 is 1.97 bits per heavy atom. The number of nitriles is 1. The maximum atomic E-state index is 14.4. The highest BCUT2D eigenvalue weighted by molar-refractivity contribution is 5.80. The number of anilines is 1. The van der Waals surface area contributed by atoms with Gasteiger partial charge in [-0.2, -0.15) is 5.26 Å². The van der Waals surface area contributed by atoms with Gasteiger partial charge in [0, 0.05) is 51.2 Å². The summed E-state index contributed by atoms with van der Waals surface area (Å²) in [7, 11) is 1.59. The second kappa shape index (κ2) is 10.0. The number of amides is 1. The fourth-order valence-electron chi connectivity index (χ4n) is 4.30. The first-order valence-electron chi connectivity index (χ1n) is 11.1. The molecule has 1 aliphatic carbocycles. The van der Waals surface area contributed by atoms with E-state index in [1.807, 2.05) is 11.0 Å². The molecule has 168 valence electrons. The van der Waals surface area contributed by atoms with Crippen LogP contribution >= 0.6 is 0 Å². The van der Waals surface area contributed by atoms with Crippen molar-refractivity contribution >= 4 is 11.7 Å². The van der Waals surface area contributed by atoms with Crippen LogP contribution in [0.4, 0.5) is 10.2 Å². The minimum atomic E-state index is -0.279. The van der Waals surface area contributed by atoms with Crippen molar-refractivity contribution in [3.63, 3.8) is 0 Å². The van der Waals surface area contributed by atoms with Crippen LogP contribution in [0.3, 0.4) is 0 Å². The summed E-state index contributed by atoms with van der Waals surface area (Å²) in [5.74, 6) is 1.30. The van der Waals surface area contributed by atoms with Gasteiger partial charge in [-0.05, 0) is 24.5 Å². The van der Waals surface area contributed by atoms with E-state index >= 15 is 0 Å². The van der Waals surface area contributed by atoms with Gasteiger partial charge in [-0.15, -0.1) is 0 Å². The van der Waals surface area contributed by atoms with Crippen molar-refractivity contribution in [1.29, 1.82) is 5.26 Å². The summed E-state index contributed by atoms with van der Waals surface area (Å²) < 4.78 is 19.8. The zero-order valence-corrected chi connectivity index (χ0v) is 18.4. The van der Waals surface area contributed by atoms with Crippen LogP contribution in [0.25, 0.3) is 0 Å². The van der Waals surface area contributed by atoms with E-state index in [1.54, 1.807) is 19.2 Å². The van der Waals surface area contributed by atoms with E-state index in [2.05, 4.69) is 16.0 Å². The molecule has 7 nitrogen and oxygen atoms in total. The second-order valence-electron chi connectivity index (χ2n) is 8.36. The lowest BCUT2D eigenvalue weighted by Crippen LogP contribution is -2.51. The Morgan fingerprint density at radius 3 is 2.59 bits per heavy atom. The highest BCUT2D eigenvalue weighted by Gasteiger charge is 2.32. The number of aromatic nitrogens is 2. The monoisotopic (exact) mass is 437 g/mol. The average molecular weight is 438 g/mol. The summed E-state index contributed by atoms with van der Waals surface area (Å²) in [6, 6.07) is 8.79. The number of carbonyl (C=O) groups excluding carboxylic acids is 1. The average Bonchev–Trinajstić information content (AvgIpc) is 2.76. The van der Waals surface area contributed by atoms with E-state index in [-0.39, 0.29) is 30.7 Å². The van der Waals surface area contributed by atoms with Gasteiger partial charge >= 0.3 is 0 Å². The van der Waals surface area contributed by atoms with Gasteiger partial charge in [0.05, 0.1) is 24.8 Å². The molecule has 4 rings (SSSR count). The Labute approximate surface area is 187 Å². The van der Waals surface area contributed by atoms with Crippen molar-refractivity contribution in [2.45, 2.75) is 38.7 Å². The SMILES string of the molecule is COCc1nc(CC#N)nc(N2CCN(C(=O)C3CCC3)CC2)c1Cc1ccccc1F. The van der Waals surface area contributed by atoms with E-state index in [1.165, 1.54) is 6.07 Å². The Hall–Kier alpha value is -3.05. The zero-order valence-electron chi connectivity index (χ0n) is 18.4. The van der Waals surface area contributed by atoms with Crippen LogP contribution in [-0.4, -0.2) is 54.1 Å². The number of piperazine rings is 1. The molecule has 0 radical (unpaired) electrons. The molecule has 0 atom stereocenters. The van der Waals surface area contributed by atoms with Crippen molar-refractivity contribution < 1.29 is 13.9 Å². The summed E-state index contributed by atoms with van der Waals surface area (Å²) in [4.78, 5) is 26.0. The Balaban J connectivity index is 1.63. The third kappa shape index (κ3) is 4.73. The highest BCUT2D eigenvalue weighted by atomic mass is 19.1. The number of benzene rings is 1. The lowest BCUT2D eigenvalue weighted by molar-refractivity contribution is -0.138. The summed E-state index contributed by atoms with van der Waals surface area (Å²) >= 11 is 0. The van der Waals surface area contributed by atoms with Crippen molar-refractivity contribution in [3.05, 3.63) is 52.7 Å². The van der Waals surface area contributed by atoms with Gasteiger partial charge in [-0.25, -0.2) is 14.4 Å². The van der Waals surface area contributed by atoms with Gasteiger partial charge in [0.2, 0.25) is 5.91 Å². The molecule has 1 amide bonds. The van der Waals surface area contributed by atoms with E-state index in [9.17, 15) is 14.4 Å². The van der Waals surface area contributed by atoms with Crippen molar-refractivity contribution in [3.8, 4) is 6.07 Å². The van der Waals surface area contributed by atoms with Gasteiger partial charge in [0.1, 0.15) is 17.5 Å². The van der Waals surface area contributed by atoms with Crippen LogP contribution in [0, 0.1) is 23.1 Å². The third-order valence-corrected chi connectivity index (χ3v) is 6.31. The maximum Gasteiger partial charge on any atom is 0.225 e. The van der Waals surface area contributed by atoms with Crippen LogP contribution in [-0.2, 0) is 29.0 Å². The lowest BCUT2D eigenvalue weighted by atomic mass is 9.84. The number of ether oxygens (including phenoxy) is 1. The molecule has 2 heterocycles. The number of halogens is 1. The summed E-state index contributed by atoms with van der Waals surface area (Å²) in [5, 5.41) is 9.19. The highest BCUT2D eigenvalue weighted by Crippen LogP contribution is 2.30. The van der Waals surface area contributed by atoms with E-state index in [4.69, 9.17) is 9.72 Å². The first kappa shape index (κ1) is 22.2. The zero-order chi connectivity index (χ0) is 22.5. The first-order valence-corrected chi connectivity index (χ1v) is 11.1. The predicted octanol–water partition coefficient (Wildman–Crippen LogP) is 2.87. The largest absolute Gasteiger partial charge is 0.378 e. The molecule has 1 aromatic carbocycles. The van der Waals surface area contributed by atoms with Gasteiger partial charge in [0.25, 0.3) is 0 Å². The molecule has 1 saturated carbocycles. The minimum absolute atomic E-state index is 0.0871. The summed E-state index contributed by atoms with van der Waals surface area (Å²) in [6.07, 6.45) is 3.55. The fourth-order valence-corrected chi connectivity index (χ4v) is 4.30. The molecule has 1 aliphatic heterocycles. The van der Waals surface area contributed by atoms with E-state index < -0.39 is 0 Å². The standard InChI is InChI=1S/C24H28FN5O2/c1-32-16-21-19(15-18-5-2-3-8-20(18)25)23(28-22(27-21)9-10-26)29-11-13-30(14-12-29)24(31)17-6-4-7-17/h2-3,5,8,17H,4,6-7,9,11-16H2,1H3. The molecule has 1 aromatic heterocycles. The molecular formula is C24H28FN5O2. The molecule has 32 heavy (non-hydrogen) atoms. The summed E-state index contributed by atoms with van der Waals surface area (Å²) in [5.41, 5.74) is 2.03. The Morgan fingerprint density at radius 1 is 1.22 bits per heavy atom. The molecule has 0 unspecified atom stereocenters. The fraction of sp³-hybridized carbons (Fsp3) is 0.500.